The lowest BCUT2D eigenvalue weighted by Gasteiger charge is -2.49. The number of β-lactam (4-membered cyclic amide) rings is 1. The number of hydrogen-bond acceptors (Lipinski definition) is 17. The number of nitrogens with zero attached hydrogens (tertiary/aromatic N) is 4. The predicted molar refractivity (Wildman–Crippen MR) is 364 cm³/mol. The smallest absolute Gasteiger partial charge is 0.355 e. The van der Waals surface area contributed by atoms with Crippen LogP contribution in [0.5, 0.6) is 23.0 Å². The van der Waals surface area contributed by atoms with Crippen LogP contribution in [0.4, 0.5) is 5.13 Å². The van der Waals surface area contributed by atoms with E-state index in [0.29, 0.717) is 32.5 Å². The van der Waals surface area contributed by atoms with Crippen molar-refractivity contribution >= 4 is 63.8 Å². The molecule has 9 aromatic rings. The standard InChI is InChI=1S/C75H70N6O12S2/c1-73(2,3)92-71(85)74(4,5)93-79-63(60-48-95-72(76-60)78-75(54-27-17-10-18-28-54,55-29-19-11-20-30-55)56-31-21-12-22-32-56)67(82)77-64-68(83)81-65(70(84)90-46-50-35-41-59(88-7)42-36-50)53(47-94-69(64)81)37-38-57-43-61(62(44-80(57)86)89-45-49-33-39-58(87-6)40-34-49)91-66(51-23-13-8-14-24-51)52-25-15-9-16-26-52/h8-44,48,64,66,69H,45-47H2,1-7H3,(H,76,78)(H,77,82)/t64-,69-/m1/s1. The molecule has 2 amide bonds. The molecule has 0 radical (unpaired) electrons. The van der Waals surface area contributed by atoms with Gasteiger partial charge in [0, 0.05) is 17.2 Å². The highest BCUT2D eigenvalue weighted by molar-refractivity contribution is 8.00. The van der Waals surface area contributed by atoms with E-state index in [1.807, 2.05) is 176 Å². The van der Waals surface area contributed by atoms with Crippen molar-refractivity contribution in [1.29, 1.82) is 0 Å². The quantitative estimate of drug-likeness (QED) is 0.0104. The number of aromatic nitrogens is 2. The number of fused-ring (bicyclic) bond motifs is 1. The van der Waals surface area contributed by atoms with Gasteiger partial charge in [-0.05, 0) is 109 Å². The summed E-state index contributed by atoms with van der Waals surface area (Å²) in [7, 11) is 3.13. The van der Waals surface area contributed by atoms with Crippen LogP contribution in [0.15, 0.2) is 240 Å². The molecular formula is C75H70N6O12S2. The summed E-state index contributed by atoms with van der Waals surface area (Å²) in [4.78, 5) is 70.5. The SMILES string of the molecule is COc1ccc(COC(=O)C2=C(C=Cc3cc(OC(c4ccccc4)c4ccccc4)c(OCc4ccc(OC)cc4)c[n+]3[O-])CS[C@@H]3[C@H](NC(=O)C(=NOC(C)(C)C(=O)OC(C)(C)C)c4csc(NC(c5ccccc5)(c5ccccc5)c5ccccc5)n4)C(=O)N23)cc1. The number of nitrogens with one attached hydrogen (secondary N) is 2. The number of methoxy groups -OCH3 is 2. The maximum Gasteiger partial charge on any atom is 0.355 e. The van der Waals surface area contributed by atoms with Gasteiger partial charge in [-0.2, -0.15) is 4.73 Å². The fourth-order valence-corrected chi connectivity index (χ4v) is 12.8. The number of rotatable bonds is 25. The third-order valence-corrected chi connectivity index (χ3v) is 17.7. The molecular weight excluding hydrogens is 1240 g/mol. The number of hydrogen-bond donors (Lipinski definition) is 2. The highest BCUT2D eigenvalue weighted by atomic mass is 32.2. The minimum absolute atomic E-state index is 0.0600. The normalized spacial score (nSPS) is 14.9. The summed E-state index contributed by atoms with van der Waals surface area (Å²) in [5.74, 6) is -1.29. The molecule has 20 heteroatoms. The molecule has 2 atom stereocenters. The lowest BCUT2D eigenvalue weighted by molar-refractivity contribution is -0.607. The lowest BCUT2D eigenvalue weighted by atomic mass is 9.77. The zero-order chi connectivity index (χ0) is 66.7. The monoisotopic (exact) mass is 1310 g/mol. The summed E-state index contributed by atoms with van der Waals surface area (Å²) in [5, 5.41) is 26.4. The van der Waals surface area contributed by atoms with E-state index in [9.17, 15) is 19.6 Å². The Bertz CT molecular complexity index is 4130. The molecule has 7 aromatic carbocycles. The molecule has 1 fully saturated rings. The summed E-state index contributed by atoms with van der Waals surface area (Å²) >= 11 is 2.48. The van der Waals surface area contributed by atoms with Crippen molar-refractivity contribution in [3.63, 3.8) is 0 Å². The van der Waals surface area contributed by atoms with Gasteiger partial charge in [0.25, 0.3) is 11.8 Å². The van der Waals surface area contributed by atoms with Gasteiger partial charge < -0.3 is 49.1 Å². The van der Waals surface area contributed by atoms with Gasteiger partial charge in [-0.3, -0.25) is 14.5 Å². The summed E-state index contributed by atoms with van der Waals surface area (Å²) in [5.41, 5.74) is 2.34. The van der Waals surface area contributed by atoms with Crippen LogP contribution in [0.1, 0.15) is 91.1 Å². The topological polar surface area (TPSA) is 212 Å². The van der Waals surface area contributed by atoms with Gasteiger partial charge in [0.05, 0.1) is 20.3 Å². The first-order valence-corrected chi connectivity index (χ1v) is 32.5. The number of thioether (sulfide) groups is 1. The molecule has 2 aliphatic heterocycles. The van der Waals surface area contributed by atoms with Crippen molar-refractivity contribution in [2.24, 2.45) is 5.16 Å². The molecule has 0 unspecified atom stereocenters. The van der Waals surface area contributed by atoms with Gasteiger partial charge in [0.2, 0.25) is 23.2 Å². The van der Waals surface area contributed by atoms with E-state index in [0.717, 1.165) is 33.4 Å². The van der Waals surface area contributed by atoms with E-state index in [2.05, 4.69) is 15.8 Å². The number of pyridine rings is 1. The van der Waals surface area contributed by atoms with Crippen LogP contribution in [0, 0.1) is 5.21 Å². The third-order valence-electron chi connectivity index (χ3n) is 15.6. The zero-order valence-electron chi connectivity index (χ0n) is 53.3. The molecule has 2 N–H and O–H groups in total. The summed E-state index contributed by atoms with van der Waals surface area (Å²) in [6, 6.07) is 63.8. The average molecular weight is 1310 g/mol. The van der Waals surface area contributed by atoms with E-state index >= 15 is 4.79 Å². The van der Waals surface area contributed by atoms with Crippen LogP contribution in [0.3, 0.4) is 0 Å². The Hall–Kier alpha value is -10.7. The molecule has 1 saturated heterocycles. The van der Waals surface area contributed by atoms with Gasteiger partial charge in [0.1, 0.15) is 64.8 Å². The first kappa shape index (κ1) is 65.8. The molecule has 0 aliphatic carbocycles. The molecule has 4 heterocycles. The van der Waals surface area contributed by atoms with Crippen molar-refractivity contribution in [2.75, 3.05) is 25.3 Å². The fraction of sp³-hybridized carbons (Fsp3) is 0.213. The van der Waals surface area contributed by atoms with Crippen molar-refractivity contribution in [2.45, 2.75) is 82.1 Å². The van der Waals surface area contributed by atoms with Crippen LogP contribution in [0.25, 0.3) is 6.08 Å². The van der Waals surface area contributed by atoms with Crippen molar-refractivity contribution in [3.8, 4) is 23.0 Å². The molecule has 484 valence electrons. The molecule has 11 rings (SSSR count). The Kier molecular flexibility index (Phi) is 20.1. The van der Waals surface area contributed by atoms with Crippen LogP contribution < -0.4 is 34.3 Å². The maximum absolute atomic E-state index is 15.1. The van der Waals surface area contributed by atoms with Crippen molar-refractivity contribution < 1.29 is 57.2 Å². The predicted octanol–water partition coefficient (Wildman–Crippen LogP) is 12.9. The van der Waals surface area contributed by atoms with E-state index in [-0.39, 0.29) is 53.3 Å². The number of benzene rings is 7. The minimum Gasteiger partial charge on any atom is -0.618 e. The Morgan fingerprint density at radius 1 is 0.705 bits per heavy atom. The number of oxime groups is 1. The molecule has 18 nitrogen and oxygen atoms in total. The number of carbonyl (C=O) groups excluding carboxylic acids is 4. The highest BCUT2D eigenvalue weighted by Gasteiger charge is 2.55. The second-order valence-corrected chi connectivity index (χ2v) is 25.7. The molecule has 0 spiro atoms. The van der Waals surface area contributed by atoms with Gasteiger partial charge >= 0.3 is 11.9 Å². The fourth-order valence-electron chi connectivity index (χ4n) is 10.7. The summed E-state index contributed by atoms with van der Waals surface area (Å²) in [6.45, 7) is 8.02. The molecule has 95 heavy (non-hydrogen) atoms. The Balaban J connectivity index is 0.927. The lowest BCUT2D eigenvalue weighted by Crippen LogP contribution is -2.71. The number of carbonyl (C=O) groups is 4. The largest absolute Gasteiger partial charge is 0.618 e. The first-order valence-electron chi connectivity index (χ1n) is 30.6. The number of anilines is 1. The number of ether oxygens (including phenoxy) is 6. The van der Waals surface area contributed by atoms with E-state index in [4.69, 9.17) is 38.2 Å². The summed E-state index contributed by atoms with van der Waals surface area (Å²) in [6.07, 6.45) is 3.78. The van der Waals surface area contributed by atoms with Gasteiger partial charge in [0.15, 0.2) is 16.6 Å². The van der Waals surface area contributed by atoms with Crippen LogP contribution >= 0.6 is 23.1 Å². The summed E-state index contributed by atoms with van der Waals surface area (Å²) < 4.78 is 36.2. The van der Waals surface area contributed by atoms with Gasteiger partial charge in [-0.25, -0.2) is 14.6 Å². The number of amides is 2. The average Bonchev–Trinajstić information content (AvgIpc) is 0.987. The number of allylic oxidation sites excluding steroid dienone is 1. The van der Waals surface area contributed by atoms with Gasteiger partial charge in [-0.15, -0.1) is 23.1 Å². The van der Waals surface area contributed by atoms with E-state index in [1.165, 1.54) is 54.1 Å². The molecule has 2 aliphatic rings. The maximum atomic E-state index is 15.1. The van der Waals surface area contributed by atoms with E-state index in [1.54, 1.807) is 76.8 Å². The third kappa shape index (κ3) is 15.2. The number of thiazole rings is 1. The van der Waals surface area contributed by atoms with Crippen LogP contribution in [-0.4, -0.2) is 81.9 Å². The molecule has 0 bridgehead atoms. The van der Waals surface area contributed by atoms with Crippen molar-refractivity contribution in [1.82, 2.24) is 15.2 Å². The molecule has 2 aromatic heterocycles. The Labute approximate surface area is 559 Å². The number of esters is 2. The Morgan fingerprint density at radius 3 is 1.76 bits per heavy atom. The molecule has 0 saturated carbocycles. The van der Waals surface area contributed by atoms with Crippen LogP contribution in [-0.2, 0) is 52.2 Å². The second-order valence-electron chi connectivity index (χ2n) is 23.8. The van der Waals surface area contributed by atoms with Gasteiger partial charge in [-0.1, -0.05) is 181 Å². The first-order chi connectivity index (χ1) is 45.9. The minimum atomic E-state index is -1.71. The highest BCUT2D eigenvalue weighted by Crippen LogP contribution is 2.44. The Morgan fingerprint density at radius 2 is 1.23 bits per heavy atom. The van der Waals surface area contributed by atoms with E-state index < -0.39 is 58.0 Å². The van der Waals surface area contributed by atoms with Crippen molar-refractivity contribution in [3.05, 3.63) is 291 Å². The zero-order valence-corrected chi connectivity index (χ0v) is 54.9. The van der Waals surface area contributed by atoms with Crippen LogP contribution in [0.2, 0.25) is 0 Å². The second kappa shape index (κ2) is 29.1.